The number of hydrogen-bond donors (Lipinski definition) is 1. The van der Waals surface area contributed by atoms with E-state index in [0.717, 1.165) is 27.4 Å². The number of hydrogen-bond acceptors (Lipinski definition) is 6. The summed E-state index contributed by atoms with van der Waals surface area (Å²) in [5, 5.41) is 2.89. The van der Waals surface area contributed by atoms with E-state index in [-0.39, 0.29) is 23.0 Å². The summed E-state index contributed by atoms with van der Waals surface area (Å²) in [4.78, 5) is 29.0. The summed E-state index contributed by atoms with van der Waals surface area (Å²) in [5.41, 5.74) is 2.70. The predicted molar refractivity (Wildman–Crippen MR) is 164 cm³/mol. The van der Waals surface area contributed by atoms with Crippen molar-refractivity contribution < 1.29 is 27.5 Å². The Morgan fingerprint density at radius 3 is 2.10 bits per heavy atom. The van der Waals surface area contributed by atoms with Gasteiger partial charge in [-0.1, -0.05) is 49.7 Å². The Morgan fingerprint density at radius 1 is 0.881 bits per heavy atom. The lowest BCUT2D eigenvalue weighted by Crippen LogP contribution is -2.52. The van der Waals surface area contributed by atoms with Crippen molar-refractivity contribution in [2.75, 3.05) is 31.6 Å². The summed E-state index contributed by atoms with van der Waals surface area (Å²) in [5.74, 6) is 0.149. The number of benzene rings is 3. The first-order valence-electron chi connectivity index (χ1n) is 14.0. The van der Waals surface area contributed by atoms with Gasteiger partial charge < -0.3 is 19.7 Å². The minimum absolute atomic E-state index is 0.0406. The first kappa shape index (κ1) is 32.5. The molecule has 1 N–H and O–H groups in total. The van der Waals surface area contributed by atoms with E-state index < -0.39 is 28.5 Å². The molecule has 3 rings (SSSR count). The van der Waals surface area contributed by atoms with E-state index in [1.165, 1.54) is 24.1 Å². The number of carbonyl (C=O) groups is 2. The highest BCUT2D eigenvalue weighted by Crippen LogP contribution is 2.34. The van der Waals surface area contributed by atoms with Gasteiger partial charge in [-0.05, 0) is 74.2 Å². The van der Waals surface area contributed by atoms with Crippen molar-refractivity contribution in [1.82, 2.24) is 10.2 Å². The molecule has 2 amide bonds. The van der Waals surface area contributed by atoms with Gasteiger partial charge in [0.05, 0.1) is 24.8 Å². The van der Waals surface area contributed by atoms with Gasteiger partial charge in [-0.3, -0.25) is 13.9 Å². The van der Waals surface area contributed by atoms with Gasteiger partial charge in [0.2, 0.25) is 11.8 Å². The minimum Gasteiger partial charge on any atom is -0.497 e. The van der Waals surface area contributed by atoms with E-state index in [4.69, 9.17) is 9.47 Å². The van der Waals surface area contributed by atoms with Crippen molar-refractivity contribution in [3.05, 3.63) is 83.4 Å². The molecule has 0 saturated heterocycles. The maximum absolute atomic E-state index is 14.2. The molecule has 42 heavy (non-hydrogen) atoms. The number of carbonyl (C=O) groups excluding carboxylic acids is 2. The zero-order chi connectivity index (χ0) is 30.9. The second-order valence-corrected chi connectivity index (χ2v) is 11.9. The largest absolute Gasteiger partial charge is 0.497 e. The number of ether oxygens (including phenoxy) is 2. The fourth-order valence-corrected chi connectivity index (χ4v) is 5.98. The summed E-state index contributed by atoms with van der Waals surface area (Å²) >= 11 is 0. The van der Waals surface area contributed by atoms with Crippen molar-refractivity contribution in [2.24, 2.45) is 0 Å². The number of nitrogens with one attached hydrogen (secondary N) is 1. The van der Waals surface area contributed by atoms with E-state index in [0.29, 0.717) is 24.5 Å². The van der Waals surface area contributed by atoms with Crippen molar-refractivity contribution in [3.8, 4) is 11.5 Å². The summed E-state index contributed by atoms with van der Waals surface area (Å²) in [7, 11) is -1.19. The van der Waals surface area contributed by atoms with Crippen LogP contribution in [0.4, 0.5) is 5.69 Å². The molecule has 0 radical (unpaired) electrons. The van der Waals surface area contributed by atoms with Crippen LogP contribution in [0.25, 0.3) is 0 Å². The lowest BCUT2D eigenvalue weighted by Gasteiger charge is -2.33. The molecule has 0 fully saturated rings. The smallest absolute Gasteiger partial charge is 0.264 e. The Morgan fingerprint density at radius 2 is 1.52 bits per heavy atom. The lowest BCUT2D eigenvalue weighted by molar-refractivity contribution is -0.140. The SMILES string of the molecule is CCCNC(=O)[C@H](CC)N(Cc1ccc(OC)cc1)C(=O)CN(c1cc(C)ccc1OC)S(=O)(=O)c1ccc(C)cc1. The molecule has 1 atom stereocenters. The van der Waals surface area contributed by atoms with Gasteiger partial charge in [-0.15, -0.1) is 0 Å². The van der Waals surface area contributed by atoms with Crippen LogP contribution in [-0.4, -0.2) is 58.5 Å². The van der Waals surface area contributed by atoms with Crippen LogP contribution in [0.2, 0.25) is 0 Å². The minimum atomic E-state index is -4.21. The number of anilines is 1. The van der Waals surface area contributed by atoms with Crippen molar-refractivity contribution in [2.45, 2.75) is 58.0 Å². The second kappa shape index (κ2) is 14.7. The molecule has 0 aliphatic heterocycles. The zero-order valence-corrected chi connectivity index (χ0v) is 26.0. The van der Waals surface area contributed by atoms with Gasteiger partial charge in [-0.25, -0.2) is 8.42 Å². The Bertz CT molecular complexity index is 1460. The highest BCUT2D eigenvalue weighted by Gasteiger charge is 2.34. The quantitative estimate of drug-likeness (QED) is 0.286. The van der Waals surface area contributed by atoms with Crippen molar-refractivity contribution >= 4 is 27.5 Å². The van der Waals surface area contributed by atoms with Crippen molar-refractivity contribution in [3.63, 3.8) is 0 Å². The molecule has 0 aromatic heterocycles. The molecular formula is C32H41N3O6S. The molecule has 0 aliphatic rings. The maximum atomic E-state index is 14.2. The Balaban J connectivity index is 2.11. The number of amides is 2. The van der Waals surface area contributed by atoms with Crippen LogP contribution in [0.1, 0.15) is 43.4 Å². The lowest BCUT2D eigenvalue weighted by atomic mass is 10.1. The molecule has 0 unspecified atom stereocenters. The second-order valence-electron chi connectivity index (χ2n) is 10.1. The van der Waals surface area contributed by atoms with Crippen LogP contribution in [0.15, 0.2) is 71.6 Å². The Labute approximate surface area is 249 Å². The molecule has 0 aliphatic carbocycles. The molecule has 0 bridgehead atoms. The molecule has 9 nitrogen and oxygen atoms in total. The molecule has 10 heteroatoms. The Kier molecular flexibility index (Phi) is 11.4. The molecule has 0 heterocycles. The van der Waals surface area contributed by atoms with Gasteiger partial charge >= 0.3 is 0 Å². The van der Waals surface area contributed by atoms with E-state index in [9.17, 15) is 18.0 Å². The van der Waals surface area contributed by atoms with Crippen LogP contribution in [0, 0.1) is 13.8 Å². The van der Waals surface area contributed by atoms with E-state index >= 15 is 0 Å². The van der Waals surface area contributed by atoms with Gasteiger partial charge in [0.1, 0.15) is 24.1 Å². The molecule has 0 saturated carbocycles. The van der Waals surface area contributed by atoms with Crippen LogP contribution >= 0.6 is 0 Å². The summed E-state index contributed by atoms with van der Waals surface area (Å²) in [6.45, 7) is 7.51. The van der Waals surface area contributed by atoms with E-state index in [1.54, 1.807) is 43.5 Å². The average Bonchev–Trinajstić information content (AvgIpc) is 2.99. The standard InChI is InChI=1S/C32H41N3O6S/c1-7-19-33-32(37)28(8-2)34(21-25-12-14-26(40-5)15-13-25)31(36)22-35(29-20-24(4)11-18-30(29)41-6)42(38,39)27-16-9-23(3)10-17-27/h9-18,20,28H,7-8,19,21-22H2,1-6H3,(H,33,37)/t28-/m0/s1. The normalized spacial score (nSPS) is 11.9. The monoisotopic (exact) mass is 595 g/mol. The first-order chi connectivity index (χ1) is 20.0. The molecular weight excluding hydrogens is 554 g/mol. The van der Waals surface area contributed by atoms with Crippen LogP contribution in [0.3, 0.4) is 0 Å². The van der Waals surface area contributed by atoms with Crippen LogP contribution in [0.5, 0.6) is 11.5 Å². The number of methoxy groups -OCH3 is 2. The van der Waals surface area contributed by atoms with E-state index in [1.807, 2.05) is 45.9 Å². The van der Waals surface area contributed by atoms with Gasteiger partial charge in [0.25, 0.3) is 10.0 Å². The number of aryl methyl sites for hydroxylation is 2. The topological polar surface area (TPSA) is 105 Å². The molecule has 3 aromatic rings. The summed E-state index contributed by atoms with van der Waals surface area (Å²) < 4.78 is 40.1. The van der Waals surface area contributed by atoms with Crippen LogP contribution < -0.4 is 19.1 Å². The average molecular weight is 596 g/mol. The molecule has 0 spiro atoms. The zero-order valence-electron chi connectivity index (χ0n) is 25.2. The first-order valence-corrected chi connectivity index (χ1v) is 15.4. The third kappa shape index (κ3) is 7.82. The Hall–Kier alpha value is -4.05. The summed E-state index contributed by atoms with van der Waals surface area (Å²) in [6, 6.07) is 18.0. The van der Waals surface area contributed by atoms with Gasteiger partial charge in [-0.2, -0.15) is 0 Å². The molecule has 226 valence electrons. The van der Waals surface area contributed by atoms with Crippen molar-refractivity contribution in [1.29, 1.82) is 0 Å². The maximum Gasteiger partial charge on any atom is 0.264 e. The third-order valence-corrected chi connectivity index (χ3v) is 8.71. The van der Waals surface area contributed by atoms with E-state index in [2.05, 4.69) is 5.32 Å². The number of rotatable bonds is 14. The van der Waals surface area contributed by atoms with Gasteiger partial charge in [0.15, 0.2) is 0 Å². The third-order valence-electron chi connectivity index (χ3n) is 6.94. The van der Waals surface area contributed by atoms with Gasteiger partial charge in [0, 0.05) is 13.1 Å². The number of nitrogens with zero attached hydrogens (tertiary/aromatic N) is 2. The highest BCUT2D eigenvalue weighted by atomic mass is 32.2. The number of sulfonamides is 1. The van der Waals surface area contributed by atoms with Crippen LogP contribution in [-0.2, 0) is 26.2 Å². The summed E-state index contributed by atoms with van der Waals surface area (Å²) in [6.07, 6.45) is 1.08. The fourth-order valence-electron chi connectivity index (χ4n) is 4.56. The fraction of sp³-hybridized carbons (Fsp3) is 0.375. The molecule has 3 aromatic carbocycles. The highest BCUT2D eigenvalue weighted by molar-refractivity contribution is 7.92. The predicted octanol–water partition coefficient (Wildman–Crippen LogP) is 4.85.